The summed E-state index contributed by atoms with van der Waals surface area (Å²) in [4.78, 5) is 18.4. The fourth-order valence-corrected chi connectivity index (χ4v) is 3.02. The first-order valence-corrected chi connectivity index (χ1v) is 8.00. The lowest BCUT2D eigenvalue weighted by molar-refractivity contribution is 0.0922. The number of aromatic nitrogens is 5. The zero-order valence-corrected chi connectivity index (χ0v) is 13.4. The number of hydrogen-bond acceptors (Lipinski definition) is 4. The van der Waals surface area contributed by atoms with Crippen molar-refractivity contribution in [3.8, 4) is 5.69 Å². The van der Waals surface area contributed by atoms with Crippen molar-refractivity contribution in [2.75, 3.05) is 0 Å². The van der Waals surface area contributed by atoms with Gasteiger partial charge in [0.2, 0.25) is 0 Å². The van der Waals surface area contributed by atoms with Gasteiger partial charge in [0.05, 0.1) is 17.6 Å². The minimum absolute atomic E-state index is 0.0838. The van der Waals surface area contributed by atoms with Gasteiger partial charge in [0.1, 0.15) is 5.82 Å². The van der Waals surface area contributed by atoms with E-state index in [-0.39, 0.29) is 11.9 Å². The summed E-state index contributed by atoms with van der Waals surface area (Å²) in [6.45, 7) is 2.73. The van der Waals surface area contributed by atoms with Crippen LogP contribution in [0.3, 0.4) is 0 Å². The van der Waals surface area contributed by atoms with E-state index >= 15 is 0 Å². The number of imidazole rings is 1. The predicted molar refractivity (Wildman–Crippen MR) is 87.9 cm³/mol. The zero-order chi connectivity index (χ0) is 16.5. The van der Waals surface area contributed by atoms with Crippen molar-refractivity contribution in [1.82, 2.24) is 29.9 Å². The first-order valence-electron chi connectivity index (χ1n) is 8.00. The van der Waals surface area contributed by atoms with Gasteiger partial charge < -0.3 is 9.88 Å². The SMILES string of the molecule is Cc1cn2c(n1)CC[C@@H](NC(=O)c1cnn(-c3ccccc3)n1)C2. The number of benzene rings is 1. The Morgan fingerprint density at radius 3 is 2.96 bits per heavy atom. The molecule has 24 heavy (non-hydrogen) atoms. The molecule has 1 amide bonds. The average Bonchev–Trinajstić information content (AvgIpc) is 3.21. The highest BCUT2D eigenvalue weighted by molar-refractivity contribution is 5.92. The number of nitrogens with zero attached hydrogens (tertiary/aromatic N) is 5. The van der Waals surface area contributed by atoms with Gasteiger partial charge in [-0.2, -0.15) is 9.90 Å². The number of hydrogen-bond donors (Lipinski definition) is 1. The molecule has 0 bridgehead atoms. The predicted octanol–water partition coefficient (Wildman–Crippen LogP) is 1.52. The standard InChI is InChI=1S/C17H18N6O/c1-12-10-22-11-13(7-8-16(22)19-12)20-17(24)15-9-18-23(21-15)14-5-3-2-4-6-14/h2-6,9-10,13H,7-8,11H2,1H3,(H,20,24)/t13-/m1/s1. The average molecular weight is 322 g/mol. The van der Waals surface area contributed by atoms with E-state index in [0.717, 1.165) is 36.6 Å². The van der Waals surface area contributed by atoms with Crippen LogP contribution in [0, 0.1) is 6.92 Å². The monoisotopic (exact) mass is 322 g/mol. The molecule has 3 aromatic rings. The number of carbonyl (C=O) groups excluding carboxylic acids is 1. The molecule has 0 spiro atoms. The fourth-order valence-electron chi connectivity index (χ4n) is 3.02. The van der Waals surface area contributed by atoms with Crippen LogP contribution in [0.4, 0.5) is 0 Å². The van der Waals surface area contributed by atoms with Crippen LogP contribution in [0.15, 0.2) is 42.7 Å². The minimum Gasteiger partial charge on any atom is -0.346 e. The summed E-state index contributed by atoms with van der Waals surface area (Å²) in [5.41, 5.74) is 2.17. The Morgan fingerprint density at radius 1 is 1.29 bits per heavy atom. The molecule has 0 aliphatic carbocycles. The number of aryl methyl sites for hydroxylation is 2. The van der Waals surface area contributed by atoms with E-state index in [0.29, 0.717) is 5.69 Å². The van der Waals surface area contributed by atoms with Gasteiger partial charge >= 0.3 is 0 Å². The number of nitrogens with one attached hydrogen (secondary N) is 1. The molecule has 7 heteroatoms. The summed E-state index contributed by atoms with van der Waals surface area (Å²) in [6.07, 6.45) is 5.28. The van der Waals surface area contributed by atoms with E-state index in [1.165, 1.54) is 11.0 Å². The molecule has 0 fully saturated rings. The minimum atomic E-state index is -0.192. The maximum absolute atomic E-state index is 12.4. The molecular weight excluding hydrogens is 304 g/mol. The molecule has 0 saturated heterocycles. The van der Waals surface area contributed by atoms with E-state index in [1.54, 1.807) is 0 Å². The second-order valence-corrected chi connectivity index (χ2v) is 6.01. The van der Waals surface area contributed by atoms with Crippen LogP contribution in [0.5, 0.6) is 0 Å². The Balaban J connectivity index is 1.45. The lowest BCUT2D eigenvalue weighted by Crippen LogP contribution is -2.41. The lowest BCUT2D eigenvalue weighted by Gasteiger charge is -2.24. The van der Waals surface area contributed by atoms with Crippen LogP contribution in [-0.2, 0) is 13.0 Å². The van der Waals surface area contributed by atoms with Crippen molar-refractivity contribution in [3.63, 3.8) is 0 Å². The third-order valence-corrected chi connectivity index (χ3v) is 4.16. The summed E-state index contributed by atoms with van der Waals surface area (Å²) in [5, 5.41) is 11.5. The van der Waals surface area contributed by atoms with Crippen molar-refractivity contribution in [1.29, 1.82) is 0 Å². The molecule has 0 unspecified atom stereocenters. The topological polar surface area (TPSA) is 77.6 Å². The van der Waals surface area contributed by atoms with Gasteiger partial charge in [0.15, 0.2) is 5.69 Å². The van der Waals surface area contributed by atoms with Crippen LogP contribution in [0.2, 0.25) is 0 Å². The largest absolute Gasteiger partial charge is 0.346 e. The van der Waals surface area contributed by atoms with Gasteiger partial charge in [-0.1, -0.05) is 18.2 Å². The molecule has 3 heterocycles. The summed E-state index contributed by atoms with van der Waals surface area (Å²) in [6, 6.07) is 9.62. The van der Waals surface area contributed by atoms with Crippen molar-refractivity contribution in [3.05, 3.63) is 59.9 Å². The third-order valence-electron chi connectivity index (χ3n) is 4.16. The normalized spacial score (nSPS) is 16.6. The van der Waals surface area contributed by atoms with Gasteiger partial charge in [-0.15, -0.1) is 5.10 Å². The third kappa shape index (κ3) is 2.80. The van der Waals surface area contributed by atoms with Crippen LogP contribution >= 0.6 is 0 Å². The molecule has 7 nitrogen and oxygen atoms in total. The molecule has 122 valence electrons. The van der Waals surface area contributed by atoms with E-state index in [1.807, 2.05) is 43.5 Å². The van der Waals surface area contributed by atoms with Crippen molar-refractivity contribution < 1.29 is 4.79 Å². The van der Waals surface area contributed by atoms with E-state index in [2.05, 4.69) is 25.1 Å². The quantitative estimate of drug-likeness (QED) is 0.793. The number of fused-ring (bicyclic) bond motifs is 1. The van der Waals surface area contributed by atoms with Gasteiger partial charge in [-0.25, -0.2) is 4.98 Å². The zero-order valence-electron chi connectivity index (χ0n) is 13.4. The molecule has 4 rings (SSSR count). The lowest BCUT2D eigenvalue weighted by atomic mass is 10.1. The summed E-state index contributed by atoms with van der Waals surface area (Å²) >= 11 is 0. The van der Waals surface area contributed by atoms with Crippen LogP contribution in [0.1, 0.15) is 28.4 Å². The maximum atomic E-state index is 12.4. The highest BCUT2D eigenvalue weighted by Gasteiger charge is 2.22. The molecule has 1 aliphatic rings. The Kier molecular flexibility index (Phi) is 3.60. The molecule has 1 atom stereocenters. The van der Waals surface area contributed by atoms with E-state index in [9.17, 15) is 4.79 Å². The van der Waals surface area contributed by atoms with Gasteiger partial charge in [0.25, 0.3) is 5.91 Å². The molecule has 2 aromatic heterocycles. The van der Waals surface area contributed by atoms with Gasteiger partial charge in [-0.05, 0) is 25.5 Å². The number of carbonyl (C=O) groups is 1. The summed E-state index contributed by atoms with van der Waals surface area (Å²) in [7, 11) is 0. The summed E-state index contributed by atoms with van der Waals surface area (Å²) in [5.74, 6) is 0.899. The number of rotatable bonds is 3. The van der Waals surface area contributed by atoms with Gasteiger partial charge in [0, 0.05) is 25.2 Å². The van der Waals surface area contributed by atoms with Gasteiger partial charge in [-0.3, -0.25) is 4.79 Å². The molecule has 0 saturated carbocycles. The highest BCUT2D eigenvalue weighted by Crippen LogP contribution is 2.15. The number of amides is 1. The maximum Gasteiger partial charge on any atom is 0.273 e. The Labute approximate surface area is 139 Å². The highest BCUT2D eigenvalue weighted by atomic mass is 16.2. The summed E-state index contributed by atoms with van der Waals surface area (Å²) < 4.78 is 2.12. The molecule has 1 N–H and O–H groups in total. The smallest absolute Gasteiger partial charge is 0.273 e. The van der Waals surface area contributed by atoms with E-state index < -0.39 is 0 Å². The molecule has 1 aromatic carbocycles. The van der Waals surface area contributed by atoms with Crippen molar-refractivity contribution >= 4 is 5.91 Å². The Bertz CT molecular complexity index is 866. The Hall–Kier alpha value is -2.96. The van der Waals surface area contributed by atoms with Crippen LogP contribution in [-0.4, -0.2) is 36.5 Å². The molecule has 1 aliphatic heterocycles. The first kappa shape index (κ1) is 14.6. The van der Waals surface area contributed by atoms with Crippen molar-refractivity contribution in [2.45, 2.75) is 32.4 Å². The van der Waals surface area contributed by atoms with E-state index in [4.69, 9.17) is 0 Å². The second-order valence-electron chi connectivity index (χ2n) is 6.01. The molecule has 0 radical (unpaired) electrons. The molecular formula is C17H18N6O. The number of para-hydroxylation sites is 1. The van der Waals surface area contributed by atoms with Crippen LogP contribution < -0.4 is 5.32 Å². The second kappa shape index (κ2) is 5.92. The fraction of sp³-hybridized carbons (Fsp3) is 0.294. The Morgan fingerprint density at radius 2 is 2.12 bits per heavy atom. The van der Waals surface area contributed by atoms with Crippen molar-refractivity contribution in [2.24, 2.45) is 0 Å². The first-order chi connectivity index (χ1) is 11.7. The van der Waals surface area contributed by atoms with Crippen LogP contribution in [0.25, 0.3) is 5.69 Å².